The molecule has 2 N–H and O–H groups in total. The number of aliphatic carboxylic acids is 1. The van der Waals surface area contributed by atoms with Gasteiger partial charge in [0.2, 0.25) is 0 Å². The number of carbonyl (C=O) groups is 2. The summed E-state index contributed by atoms with van der Waals surface area (Å²) < 4.78 is 0.180. The molecule has 1 atom stereocenters. The Hall–Kier alpha value is -0.910. The van der Waals surface area contributed by atoms with Crippen LogP contribution in [0.3, 0.4) is 0 Å². The summed E-state index contributed by atoms with van der Waals surface area (Å²) in [6.07, 6.45) is 0.921. The van der Waals surface area contributed by atoms with E-state index in [9.17, 15) is 9.59 Å². The summed E-state index contributed by atoms with van der Waals surface area (Å²) in [6, 6.07) is -1.09. The number of amides is 2. The van der Waals surface area contributed by atoms with Crippen molar-refractivity contribution in [2.24, 2.45) is 5.92 Å². The van der Waals surface area contributed by atoms with Gasteiger partial charge in [0.15, 0.2) is 0 Å². The van der Waals surface area contributed by atoms with Crippen molar-refractivity contribution in [3.8, 4) is 0 Å². The molecule has 1 fully saturated rings. The molecule has 1 unspecified atom stereocenters. The minimum atomic E-state index is -0.979. The number of carboxylic acid groups (broad SMARTS) is 1. The minimum Gasteiger partial charge on any atom is -0.480 e. The van der Waals surface area contributed by atoms with E-state index in [4.69, 9.17) is 5.11 Å². The van der Waals surface area contributed by atoms with Crippen molar-refractivity contribution in [1.29, 1.82) is 0 Å². The molecule has 0 aromatic carbocycles. The van der Waals surface area contributed by atoms with Gasteiger partial charge in [-0.15, -0.1) is 0 Å². The first-order valence-corrected chi connectivity index (χ1v) is 7.64. The molecule has 1 aliphatic heterocycles. The van der Waals surface area contributed by atoms with Gasteiger partial charge in [-0.1, -0.05) is 27.7 Å². The van der Waals surface area contributed by atoms with E-state index in [1.165, 1.54) is 0 Å². The molecule has 1 saturated heterocycles. The van der Waals surface area contributed by atoms with Gasteiger partial charge >= 0.3 is 12.0 Å². The van der Waals surface area contributed by atoms with E-state index in [-0.39, 0.29) is 16.7 Å². The lowest BCUT2D eigenvalue weighted by molar-refractivity contribution is -0.140. The molecule has 0 saturated carbocycles. The van der Waals surface area contributed by atoms with Crippen molar-refractivity contribution in [1.82, 2.24) is 10.2 Å². The lowest BCUT2D eigenvalue weighted by Gasteiger charge is -2.25. The van der Waals surface area contributed by atoms with Gasteiger partial charge in [-0.3, -0.25) is 0 Å². The van der Waals surface area contributed by atoms with Gasteiger partial charge in [-0.2, -0.15) is 11.8 Å². The quantitative estimate of drug-likeness (QED) is 0.833. The molecule has 0 aromatic rings. The van der Waals surface area contributed by atoms with Crippen LogP contribution in [-0.4, -0.2) is 51.6 Å². The van der Waals surface area contributed by atoms with Crippen molar-refractivity contribution in [2.45, 2.75) is 44.9 Å². The molecule has 1 aliphatic rings. The maximum absolute atomic E-state index is 12.1. The number of rotatable bonds is 3. The topological polar surface area (TPSA) is 69.6 Å². The van der Waals surface area contributed by atoms with Crippen LogP contribution in [0.2, 0.25) is 0 Å². The summed E-state index contributed by atoms with van der Waals surface area (Å²) in [6.45, 7) is 9.28. The molecular formula is C13H24N2O3S. The van der Waals surface area contributed by atoms with Crippen molar-refractivity contribution >= 4 is 23.8 Å². The SMILES string of the molecule is CC(C)C(NC(=O)N1CCSC(C)(C)CC1)C(=O)O. The van der Waals surface area contributed by atoms with E-state index in [2.05, 4.69) is 19.2 Å². The monoisotopic (exact) mass is 288 g/mol. The maximum atomic E-state index is 12.1. The average Bonchev–Trinajstić information content (AvgIpc) is 2.46. The molecule has 0 bridgehead atoms. The molecular weight excluding hydrogens is 264 g/mol. The van der Waals surface area contributed by atoms with Crippen LogP contribution in [0.25, 0.3) is 0 Å². The second kappa shape index (κ2) is 6.50. The molecule has 0 aliphatic carbocycles. The Morgan fingerprint density at radius 2 is 1.95 bits per heavy atom. The maximum Gasteiger partial charge on any atom is 0.326 e. The van der Waals surface area contributed by atoms with Crippen LogP contribution in [0.5, 0.6) is 0 Å². The van der Waals surface area contributed by atoms with Crippen LogP contribution >= 0.6 is 11.8 Å². The molecule has 0 aromatic heterocycles. The lowest BCUT2D eigenvalue weighted by atomic mass is 10.1. The summed E-state index contributed by atoms with van der Waals surface area (Å²) in [5.74, 6) is -0.216. The predicted molar refractivity (Wildman–Crippen MR) is 77.5 cm³/mol. The highest BCUT2D eigenvalue weighted by molar-refractivity contribution is 8.00. The number of carboxylic acids is 1. The van der Waals surface area contributed by atoms with Gasteiger partial charge in [0, 0.05) is 23.6 Å². The highest BCUT2D eigenvalue weighted by Crippen LogP contribution is 2.30. The lowest BCUT2D eigenvalue weighted by Crippen LogP contribution is -2.50. The zero-order chi connectivity index (χ0) is 14.6. The van der Waals surface area contributed by atoms with Gasteiger partial charge in [0.1, 0.15) is 6.04 Å². The van der Waals surface area contributed by atoms with E-state index in [0.717, 1.165) is 12.2 Å². The van der Waals surface area contributed by atoms with Gasteiger partial charge in [-0.05, 0) is 12.3 Å². The standard InChI is InChI=1S/C13H24N2O3S/c1-9(2)10(11(16)17)14-12(18)15-6-5-13(3,4)19-8-7-15/h9-10H,5-8H2,1-4H3,(H,14,18)(H,16,17). The molecule has 2 amide bonds. The highest BCUT2D eigenvalue weighted by atomic mass is 32.2. The molecule has 0 spiro atoms. The third-order valence-electron chi connectivity index (χ3n) is 3.34. The van der Waals surface area contributed by atoms with E-state index in [0.29, 0.717) is 13.1 Å². The number of nitrogens with zero attached hydrogens (tertiary/aromatic N) is 1. The van der Waals surface area contributed by atoms with E-state index in [1.807, 2.05) is 11.8 Å². The Morgan fingerprint density at radius 1 is 1.32 bits per heavy atom. The second-order valence-electron chi connectivity index (χ2n) is 5.85. The number of hydrogen-bond donors (Lipinski definition) is 2. The van der Waals surface area contributed by atoms with Crippen molar-refractivity contribution in [3.05, 3.63) is 0 Å². The van der Waals surface area contributed by atoms with Crippen LogP contribution in [0, 0.1) is 5.92 Å². The van der Waals surface area contributed by atoms with E-state index < -0.39 is 12.0 Å². The van der Waals surface area contributed by atoms with E-state index in [1.54, 1.807) is 18.7 Å². The van der Waals surface area contributed by atoms with Gasteiger partial charge in [0.05, 0.1) is 0 Å². The third kappa shape index (κ3) is 4.93. The summed E-state index contributed by atoms with van der Waals surface area (Å²) in [5, 5.41) is 11.7. The first kappa shape index (κ1) is 16.1. The first-order valence-electron chi connectivity index (χ1n) is 6.65. The summed E-state index contributed by atoms with van der Waals surface area (Å²) in [4.78, 5) is 24.9. The number of nitrogens with one attached hydrogen (secondary N) is 1. The number of hydrogen-bond acceptors (Lipinski definition) is 3. The molecule has 110 valence electrons. The Morgan fingerprint density at radius 3 is 2.47 bits per heavy atom. The van der Waals surface area contributed by atoms with Crippen LogP contribution in [-0.2, 0) is 4.79 Å². The summed E-state index contributed by atoms with van der Waals surface area (Å²) in [7, 11) is 0. The van der Waals surface area contributed by atoms with Crippen LogP contribution in [0.4, 0.5) is 4.79 Å². The fourth-order valence-electron chi connectivity index (χ4n) is 1.96. The number of urea groups is 1. The minimum absolute atomic E-state index is 0.126. The first-order chi connectivity index (χ1) is 8.73. The fourth-order valence-corrected chi connectivity index (χ4v) is 3.06. The predicted octanol–water partition coefficient (Wildman–Crippen LogP) is 2.02. The molecule has 1 rings (SSSR count). The summed E-state index contributed by atoms with van der Waals surface area (Å²) in [5.41, 5.74) is 0. The Labute approximate surface area is 119 Å². The van der Waals surface area contributed by atoms with Crippen molar-refractivity contribution in [2.75, 3.05) is 18.8 Å². The third-order valence-corrected chi connectivity index (χ3v) is 4.71. The van der Waals surface area contributed by atoms with Crippen LogP contribution < -0.4 is 5.32 Å². The zero-order valence-corrected chi connectivity index (χ0v) is 12.9. The number of thioether (sulfide) groups is 1. The smallest absolute Gasteiger partial charge is 0.326 e. The van der Waals surface area contributed by atoms with Crippen LogP contribution in [0.1, 0.15) is 34.1 Å². The average molecular weight is 288 g/mol. The summed E-state index contributed by atoms with van der Waals surface area (Å²) >= 11 is 1.86. The zero-order valence-electron chi connectivity index (χ0n) is 12.1. The number of carbonyl (C=O) groups excluding carboxylic acids is 1. The Bertz CT molecular complexity index is 345. The normalized spacial score (nSPS) is 20.8. The molecule has 6 heteroatoms. The molecule has 19 heavy (non-hydrogen) atoms. The fraction of sp³-hybridized carbons (Fsp3) is 0.846. The highest BCUT2D eigenvalue weighted by Gasteiger charge is 2.29. The second-order valence-corrected chi connectivity index (χ2v) is 7.66. The molecule has 0 radical (unpaired) electrons. The Kier molecular flexibility index (Phi) is 5.52. The van der Waals surface area contributed by atoms with Crippen LogP contribution in [0.15, 0.2) is 0 Å². The van der Waals surface area contributed by atoms with Crippen molar-refractivity contribution in [3.63, 3.8) is 0 Å². The Balaban J connectivity index is 2.60. The molecule has 1 heterocycles. The van der Waals surface area contributed by atoms with Gasteiger partial charge < -0.3 is 15.3 Å². The van der Waals surface area contributed by atoms with E-state index >= 15 is 0 Å². The van der Waals surface area contributed by atoms with Crippen molar-refractivity contribution < 1.29 is 14.7 Å². The molecule has 5 nitrogen and oxygen atoms in total. The van der Waals surface area contributed by atoms with Gasteiger partial charge in [0.25, 0.3) is 0 Å². The van der Waals surface area contributed by atoms with Gasteiger partial charge in [-0.25, -0.2) is 9.59 Å². The largest absolute Gasteiger partial charge is 0.480 e.